The van der Waals surface area contributed by atoms with Crippen molar-refractivity contribution in [1.82, 2.24) is 4.98 Å². The highest BCUT2D eigenvalue weighted by Gasteiger charge is 1.98. The summed E-state index contributed by atoms with van der Waals surface area (Å²) in [6, 6.07) is 3.87. The van der Waals surface area contributed by atoms with Gasteiger partial charge in [-0.25, -0.2) is 4.98 Å². The zero-order chi connectivity index (χ0) is 9.68. The lowest BCUT2D eigenvalue weighted by Crippen LogP contribution is -2.17. The van der Waals surface area contributed by atoms with Crippen LogP contribution in [0, 0.1) is 0 Å². The Hall–Kier alpha value is -0.610. The summed E-state index contributed by atoms with van der Waals surface area (Å²) in [7, 11) is 1.70. The normalized spacial score (nSPS) is 12.5. The first-order valence-corrected chi connectivity index (χ1v) is 4.90. The third-order valence-electron chi connectivity index (χ3n) is 1.72. The molecule has 0 amide bonds. The Kier molecular flexibility index (Phi) is 4.18. The van der Waals surface area contributed by atoms with Gasteiger partial charge >= 0.3 is 0 Å². The van der Waals surface area contributed by atoms with E-state index in [2.05, 4.69) is 26.2 Å². The van der Waals surface area contributed by atoms with Crippen molar-refractivity contribution in [3.63, 3.8) is 0 Å². The van der Waals surface area contributed by atoms with Crippen molar-refractivity contribution >= 4 is 21.6 Å². The first-order valence-electron chi connectivity index (χ1n) is 4.10. The van der Waals surface area contributed by atoms with E-state index in [4.69, 9.17) is 4.74 Å². The Morgan fingerprint density at radius 3 is 2.92 bits per heavy atom. The van der Waals surface area contributed by atoms with Crippen LogP contribution >= 0.6 is 15.9 Å². The van der Waals surface area contributed by atoms with Gasteiger partial charge in [0.05, 0.1) is 18.0 Å². The standard InChI is InChI=1S/C9H13BrN2O/c1-7(13-2)5-11-8-3-4-9(10)12-6-8/h3-4,6-7,11H,5H2,1-2H3. The topological polar surface area (TPSA) is 34.1 Å². The molecule has 0 aliphatic carbocycles. The number of halogens is 1. The number of nitrogens with zero attached hydrogens (tertiary/aromatic N) is 1. The van der Waals surface area contributed by atoms with Gasteiger partial charge in [0.25, 0.3) is 0 Å². The molecule has 72 valence electrons. The maximum atomic E-state index is 5.10. The van der Waals surface area contributed by atoms with Gasteiger partial charge in [-0.3, -0.25) is 0 Å². The van der Waals surface area contributed by atoms with Crippen molar-refractivity contribution in [2.75, 3.05) is 19.0 Å². The molecule has 0 saturated heterocycles. The lowest BCUT2D eigenvalue weighted by atomic mass is 10.3. The van der Waals surface area contributed by atoms with E-state index in [-0.39, 0.29) is 6.10 Å². The Balaban J connectivity index is 2.41. The van der Waals surface area contributed by atoms with Gasteiger partial charge in [-0.2, -0.15) is 0 Å². The Morgan fingerprint density at radius 2 is 2.38 bits per heavy atom. The van der Waals surface area contributed by atoms with Crippen molar-refractivity contribution in [3.8, 4) is 0 Å². The highest BCUT2D eigenvalue weighted by molar-refractivity contribution is 9.10. The van der Waals surface area contributed by atoms with Crippen molar-refractivity contribution in [1.29, 1.82) is 0 Å². The molecule has 0 aromatic carbocycles. The van der Waals surface area contributed by atoms with Crippen LogP contribution in [0.1, 0.15) is 6.92 Å². The van der Waals surface area contributed by atoms with Crippen LogP contribution in [-0.2, 0) is 4.74 Å². The van der Waals surface area contributed by atoms with E-state index in [9.17, 15) is 0 Å². The van der Waals surface area contributed by atoms with E-state index in [0.717, 1.165) is 16.8 Å². The molecule has 0 radical (unpaired) electrons. The Labute approximate surface area is 86.6 Å². The van der Waals surface area contributed by atoms with Crippen LogP contribution in [0.5, 0.6) is 0 Å². The second-order valence-electron chi connectivity index (χ2n) is 2.80. The molecule has 0 fully saturated rings. The molecule has 1 heterocycles. The van der Waals surface area contributed by atoms with Gasteiger partial charge in [0.1, 0.15) is 4.60 Å². The quantitative estimate of drug-likeness (QED) is 0.826. The number of nitrogens with one attached hydrogen (secondary N) is 1. The highest BCUT2D eigenvalue weighted by atomic mass is 79.9. The monoisotopic (exact) mass is 244 g/mol. The molecule has 1 unspecified atom stereocenters. The summed E-state index contributed by atoms with van der Waals surface area (Å²) in [6.45, 7) is 2.80. The summed E-state index contributed by atoms with van der Waals surface area (Å²) in [6.07, 6.45) is 2.00. The molecule has 0 saturated carbocycles. The molecule has 0 spiro atoms. The zero-order valence-corrected chi connectivity index (χ0v) is 9.34. The lowest BCUT2D eigenvalue weighted by Gasteiger charge is -2.11. The minimum atomic E-state index is 0.212. The van der Waals surface area contributed by atoms with Gasteiger partial charge in [-0.05, 0) is 35.0 Å². The average molecular weight is 245 g/mol. The number of anilines is 1. The molecule has 1 aromatic heterocycles. The van der Waals surface area contributed by atoms with Gasteiger partial charge in [-0.1, -0.05) is 0 Å². The molecule has 13 heavy (non-hydrogen) atoms. The SMILES string of the molecule is COC(C)CNc1ccc(Br)nc1. The van der Waals surface area contributed by atoms with E-state index in [1.54, 1.807) is 13.3 Å². The van der Waals surface area contributed by atoms with E-state index < -0.39 is 0 Å². The molecule has 0 bridgehead atoms. The molecule has 1 aromatic rings. The molecule has 1 atom stereocenters. The van der Waals surface area contributed by atoms with Crippen LogP contribution in [0.15, 0.2) is 22.9 Å². The van der Waals surface area contributed by atoms with Crippen LogP contribution < -0.4 is 5.32 Å². The van der Waals surface area contributed by atoms with Crippen LogP contribution in [0.3, 0.4) is 0 Å². The van der Waals surface area contributed by atoms with Gasteiger partial charge in [0, 0.05) is 13.7 Å². The van der Waals surface area contributed by atoms with E-state index >= 15 is 0 Å². The molecular formula is C9H13BrN2O. The third-order valence-corrected chi connectivity index (χ3v) is 2.19. The zero-order valence-electron chi connectivity index (χ0n) is 7.75. The summed E-state index contributed by atoms with van der Waals surface area (Å²) in [5, 5.41) is 3.21. The Morgan fingerprint density at radius 1 is 1.62 bits per heavy atom. The first kappa shape index (κ1) is 10.5. The summed E-state index contributed by atoms with van der Waals surface area (Å²) in [5.74, 6) is 0. The molecule has 0 aliphatic heterocycles. The second-order valence-corrected chi connectivity index (χ2v) is 3.61. The number of hydrogen-bond acceptors (Lipinski definition) is 3. The predicted molar refractivity (Wildman–Crippen MR) is 56.9 cm³/mol. The molecule has 4 heteroatoms. The number of rotatable bonds is 4. The smallest absolute Gasteiger partial charge is 0.106 e. The second kappa shape index (κ2) is 5.19. The van der Waals surface area contributed by atoms with Gasteiger partial charge in [0.2, 0.25) is 0 Å². The van der Waals surface area contributed by atoms with Gasteiger partial charge in [-0.15, -0.1) is 0 Å². The van der Waals surface area contributed by atoms with Crippen molar-refractivity contribution < 1.29 is 4.74 Å². The maximum Gasteiger partial charge on any atom is 0.106 e. The van der Waals surface area contributed by atoms with Gasteiger partial charge < -0.3 is 10.1 Å². The van der Waals surface area contributed by atoms with E-state index in [1.807, 2.05) is 19.1 Å². The molecule has 0 aliphatic rings. The highest BCUT2D eigenvalue weighted by Crippen LogP contribution is 2.10. The number of aromatic nitrogens is 1. The van der Waals surface area contributed by atoms with E-state index in [1.165, 1.54) is 0 Å². The number of hydrogen-bond donors (Lipinski definition) is 1. The van der Waals surface area contributed by atoms with Crippen LogP contribution in [0.25, 0.3) is 0 Å². The summed E-state index contributed by atoms with van der Waals surface area (Å²) < 4.78 is 5.95. The summed E-state index contributed by atoms with van der Waals surface area (Å²) >= 11 is 3.28. The fourth-order valence-electron chi connectivity index (χ4n) is 0.825. The Bertz CT molecular complexity index is 250. The van der Waals surface area contributed by atoms with Gasteiger partial charge in [0.15, 0.2) is 0 Å². The third kappa shape index (κ3) is 3.74. The molecule has 3 nitrogen and oxygen atoms in total. The van der Waals surface area contributed by atoms with Crippen molar-refractivity contribution in [2.24, 2.45) is 0 Å². The lowest BCUT2D eigenvalue weighted by molar-refractivity contribution is 0.129. The summed E-state index contributed by atoms with van der Waals surface area (Å²) in [4.78, 5) is 4.10. The first-order chi connectivity index (χ1) is 6.22. The minimum absolute atomic E-state index is 0.212. The van der Waals surface area contributed by atoms with Crippen LogP contribution in [-0.4, -0.2) is 24.7 Å². The molecule has 1 N–H and O–H groups in total. The largest absolute Gasteiger partial charge is 0.381 e. The minimum Gasteiger partial charge on any atom is -0.381 e. The maximum absolute atomic E-state index is 5.10. The van der Waals surface area contributed by atoms with E-state index in [0.29, 0.717) is 0 Å². The van der Waals surface area contributed by atoms with Crippen LogP contribution in [0.4, 0.5) is 5.69 Å². The number of ether oxygens (including phenoxy) is 1. The number of pyridine rings is 1. The fourth-order valence-corrected chi connectivity index (χ4v) is 1.06. The molecular weight excluding hydrogens is 232 g/mol. The predicted octanol–water partition coefficient (Wildman–Crippen LogP) is 2.29. The fraction of sp³-hybridized carbons (Fsp3) is 0.444. The van der Waals surface area contributed by atoms with Crippen molar-refractivity contribution in [2.45, 2.75) is 13.0 Å². The average Bonchev–Trinajstić information content (AvgIpc) is 2.16. The number of methoxy groups -OCH3 is 1. The molecule has 1 rings (SSSR count). The summed E-state index contributed by atoms with van der Waals surface area (Å²) in [5.41, 5.74) is 1.01. The van der Waals surface area contributed by atoms with Crippen LogP contribution in [0.2, 0.25) is 0 Å². The van der Waals surface area contributed by atoms with Crippen molar-refractivity contribution in [3.05, 3.63) is 22.9 Å².